The average Bonchev–Trinajstić information content (AvgIpc) is 2.94. The maximum absolute atomic E-state index is 5.93. The second-order valence-electron chi connectivity index (χ2n) is 5.87. The van der Waals surface area contributed by atoms with Crippen LogP contribution in [0.15, 0.2) is 47.5 Å². The summed E-state index contributed by atoms with van der Waals surface area (Å²) in [6.45, 7) is 7.29. The summed E-state index contributed by atoms with van der Waals surface area (Å²) in [4.78, 5) is 4.57. The molecule has 0 unspecified atom stereocenters. The number of nitrogens with one attached hydrogen (secondary N) is 1. The zero-order chi connectivity index (χ0) is 14.4. The first-order chi connectivity index (χ1) is 9.62. The lowest BCUT2D eigenvalue weighted by Gasteiger charge is -2.28. The van der Waals surface area contributed by atoms with Gasteiger partial charge < -0.3 is 11.1 Å². The Morgan fingerprint density at radius 2 is 1.95 bits per heavy atom. The lowest BCUT2D eigenvalue weighted by atomic mass is 9.79. The van der Waals surface area contributed by atoms with Crippen molar-refractivity contribution in [2.45, 2.75) is 38.0 Å². The monoisotopic (exact) mass is 271 g/mol. The molecule has 1 aromatic carbocycles. The van der Waals surface area contributed by atoms with E-state index in [2.05, 4.69) is 47.2 Å². The van der Waals surface area contributed by atoms with Gasteiger partial charge in [-0.15, -0.1) is 0 Å². The van der Waals surface area contributed by atoms with E-state index in [0.29, 0.717) is 12.5 Å². The molecule has 0 aromatic heterocycles. The second-order valence-corrected chi connectivity index (χ2v) is 5.87. The zero-order valence-electron chi connectivity index (χ0n) is 12.4. The SMILES string of the molecule is C=C(C)CNC(N)=NCC1(c2ccccc2)CCCC1. The lowest BCUT2D eigenvalue weighted by Crippen LogP contribution is -2.35. The molecule has 0 heterocycles. The summed E-state index contributed by atoms with van der Waals surface area (Å²) in [5.74, 6) is 0.523. The van der Waals surface area contributed by atoms with Crippen molar-refractivity contribution in [2.75, 3.05) is 13.1 Å². The molecule has 108 valence electrons. The first kappa shape index (κ1) is 14.6. The van der Waals surface area contributed by atoms with Crippen LogP contribution in [0.5, 0.6) is 0 Å². The molecule has 0 bridgehead atoms. The van der Waals surface area contributed by atoms with Crippen LogP contribution >= 0.6 is 0 Å². The standard InChI is InChI=1S/C17H25N3/c1-14(2)12-19-16(18)20-13-17(10-6-7-11-17)15-8-4-3-5-9-15/h3-5,8-9H,1,6-7,10-13H2,2H3,(H3,18,19,20). The fourth-order valence-electron chi connectivity index (χ4n) is 2.92. The number of hydrogen-bond donors (Lipinski definition) is 2. The molecule has 0 aliphatic heterocycles. The Bertz CT molecular complexity index is 470. The number of aliphatic imine (C=N–C) groups is 1. The van der Waals surface area contributed by atoms with Gasteiger partial charge in [0.25, 0.3) is 0 Å². The summed E-state index contributed by atoms with van der Waals surface area (Å²) in [7, 11) is 0. The van der Waals surface area contributed by atoms with Crippen molar-refractivity contribution in [1.82, 2.24) is 5.32 Å². The van der Waals surface area contributed by atoms with Crippen LogP contribution in [0, 0.1) is 0 Å². The van der Waals surface area contributed by atoms with Crippen molar-refractivity contribution >= 4 is 5.96 Å². The van der Waals surface area contributed by atoms with Gasteiger partial charge in [-0.1, -0.05) is 55.3 Å². The van der Waals surface area contributed by atoms with E-state index in [9.17, 15) is 0 Å². The first-order valence-electron chi connectivity index (χ1n) is 7.36. The van der Waals surface area contributed by atoms with Gasteiger partial charge in [-0.05, 0) is 25.3 Å². The van der Waals surface area contributed by atoms with E-state index in [1.165, 1.54) is 31.2 Å². The molecule has 0 radical (unpaired) electrons. The van der Waals surface area contributed by atoms with E-state index >= 15 is 0 Å². The van der Waals surface area contributed by atoms with Crippen LogP contribution in [0.25, 0.3) is 0 Å². The number of benzene rings is 1. The van der Waals surface area contributed by atoms with E-state index in [1.54, 1.807) is 0 Å². The molecular weight excluding hydrogens is 246 g/mol. The largest absolute Gasteiger partial charge is 0.370 e. The van der Waals surface area contributed by atoms with Crippen molar-refractivity contribution in [3.63, 3.8) is 0 Å². The number of nitrogens with zero attached hydrogens (tertiary/aromatic N) is 1. The highest BCUT2D eigenvalue weighted by atomic mass is 15.1. The second kappa shape index (κ2) is 6.60. The minimum atomic E-state index is 0.177. The highest BCUT2D eigenvalue weighted by Gasteiger charge is 2.35. The fraction of sp³-hybridized carbons (Fsp3) is 0.471. The van der Waals surface area contributed by atoms with Crippen molar-refractivity contribution in [3.05, 3.63) is 48.0 Å². The minimum Gasteiger partial charge on any atom is -0.370 e. The van der Waals surface area contributed by atoms with Crippen LogP contribution in [-0.4, -0.2) is 19.0 Å². The zero-order valence-corrected chi connectivity index (χ0v) is 12.4. The van der Waals surface area contributed by atoms with Crippen molar-refractivity contribution in [1.29, 1.82) is 0 Å². The highest BCUT2D eigenvalue weighted by molar-refractivity contribution is 5.78. The van der Waals surface area contributed by atoms with Crippen LogP contribution < -0.4 is 11.1 Å². The molecule has 0 saturated heterocycles. The smallest absolute Gasteiger partial charge is 0.188 e. The third-order valence-corrected chi connectivity index (χ3v) is 4.07. The van der Waals surface area contributed by atoms with Gasteiger partial charge in [0.05, 0.1) is 6.54 Å². The Morgan fingerprint density at radius 3 is 2.55 bits per heavy atom. The number of rotatable bonds is 5. The molecular formula is C17H25N3. The van der Waals surface area contributed by atoms with E-state index < -0.39 is 0 Å². The molecule has 3 heteroatoms. The summed E-state index contributed by atoms with van der Waals surface area (Å²) in [6, 6.07) is 10.7. The average molecular weight is 271 g/mol. The van der Waals surface area contributed by atoms with Gasteiger partial charge in [-0.2, -0.15) is 0 Å². The summed E-state index contributed by atoms with van der Waals surface area (Å²) < 4.78 is 0. The van der Waals surface area contributed by atoms with Gasteiger partial charge in [0.15, 0.2) is 5.96 Å². The molecule has 3 nitrogen and oxygen atoms in total. The molecule has 0 amide bonds. The Morgan fingerprint density at radius 1 is 1.30 bits per heavy atom. The van der Waals surface area contributed by atoms with Crippen LogP contribution in [0.2, 0.25) is 0 Å². The summed E-state index contributed by atoms with van der Waals surface area (Å²) >= 11 is 0. The minimum absolute atomic E-state index is 0.177. The fourth-order valence-corrected chi connectivity index (χ4v) is 2.92. The predicted molar refractivity (Wildman–Crippen MR) is 85.9 cm³/mol. The Hall–Kier alpha value is -1.77. The Kier molecular flexibility index (Phi) is 4.83. The van der Waals surface area contributed by atoms with Crippen LogP contribution in [0.3, 0.4) is 0 Å². The van der Waals surface area contributed by atoms with E-state index in [-0.39, 0.29) is 5.41 Å². The number of guanidine groups is 1. The van der Waals surface area contributed by atoms with Crippen LogP contribution in [0.1, 0.15) is 38.2 Å². The molecule has 20 heavy (non-hydrogen) atoms. The summed E-state index contributed by atoms with van der Waals surface area (Å²) in [5, 5.41) is 3.10. The van der Waals surface area contributed by atoms with Gasteiger partial charge in [-0.25, -0.2) is 0 Å². The molecule has 1 aromatic rings. The molecule has 1 aliphatic carbocycles. The van der Waals surface area contributed by atoms with E-state index in [1.807, 2.05) is 6.92 Å². The quantitative estimate of drug-likeness (QED) is 0.491. The van der Waals surface area contributed by atoms with Crippen molar-refractivity contribution in [3.8, 4) is 0 Å². The van der Waals surface area contributed by atoms with E-state index in [0.717, 1.165) is 12.1 Å². The number of nitrogens with two attached hydrogens (primary N) is 1. The maximum Gasteiger partial charge on any atom is 0.188 e. The lowest BCUT2D eigenvalue weighted by molar-refractivity contribution is 0.453. The van der Waals surface area contributed by atoms with E-state index in [4.69, 9.17) is 5.73 Å². The number of hydrogen-bond acceptors (Lipinski definition) is 1. The molecule has 2 rings (SSSR count). The summed E-state index contributed by atoms with van der Waals surface area (Å²) in [5.41, 5.74) is 8.57. The Balaban J connectivity index is 2.07. The van der Waals surface area contributed by atoms with Crippen molar-refractivity contribution < 1.29 is 0 Å². The molecule has 0 spiro atoms. The van der Waals surface area contributed by atoms with Gasteiger partial charge in [0, 0.05) is 12.0 Å². The van der Waals surface area contributed by atoms with Crippen molar-refractivity contribution in [2.24, 2.45) is 10.7 Å². The molecule has 1 fully saturated rings. The maximum atomic E-state index is 5.93. The highest BCUT2D eigenvalue weighted by Crippen LogP contribution is 2.41. The molecule has 3 N–H and O–H groups in total. The molecule has 1 aliphatic rings. The molecule has 1 saturated carbocycles. The molecule has 0 atom stereocenters. The first-order valence-corrected chi connectivity index (χ1v) is 7.36. The summed E-state index contributed by atoms with van der Waals surface area (Å²) in [6.07, 6.45) is 4.97. The third-order valence-electron chi connectivity index (χ3n) is 4.07. The van der Waals surface area contributed by atoms with Crippen LogP contribution in [-0.2, 0) is 5.41 Å². The Labute approximate surface area is 122 Å². The normalized spacial score (nSPS) is 17.9. The topological polar surface area (TPSA) is 50.4 Å². The van der Waals surface area contributed by atoms with Gasteiger partial charge in [0.1, 0.15) is 0 Å². The van der Waals surface area contributed by atoms with Gasteiger partial charge in [-0.3, -0.25) is 4.99 Å². The van der Waals surface area contributed by atoms with Gasteiger partial charge >= 0.3 is 0 Å². The third kappa shape index (κ3) is 3.62. The predicted octanol–water partition coefficient (Wildman–Crippen LogP) is 2.98. The van der Waals surface area contributed by atoms with Gasteiger partial charge in [0.2, 0.25) is 0 Å². The van der Waals surface area contributed by atoms with Crippen LogP contribution in [0.4, 0.5) is 0 Å².